The zero-order valence-corrected chi connectivity index (χ0v) is 22.0. The van der Waals surface area contributed by atoms with Gasteiger partial charge in [0.15, 0.2) is 0 Å². The molecule has 2 aromatic carbocycles. The highest BCUT2D eigenvalue weighted by molar-refractivity contribution is 7.92. The van der Waals surface area contributed by atoms with Crippen molar-refractivity contribution < 1.29 is 18.0 Å². The summed E-state index contributed by atoms with van der Waals surface area (Å²) in [5.74, 6) is -0.447. The molecular formula is C25H34ClN3O4S. The molecule has 2 rings (SSSR count). The van der Waals surface area contributed by atoms with Crippen molar-refractivity contribution in [1.29, 1.82) is 0 Å². The number of halogens is 1. The number of carbonyl (C=O) groups excluding carboxylic acids is 2. The summed E-state index contributed by atoms with van der Waals surface area (Å²) in [6.45, 7) is 6.10. The molecule has 186 valence electrons. The average Bonchev–Trinajstić information content (AvgIpc) is 2.79. The molecule has 1 atom stereocenters. The molecule has 0 aromatic heterocycles. The lowest BCUT2D eigenvalue weighted by atomic mass is 10.1. The number of hydrogen-bond acceptors (Lipinski definition) is 4. The molecule has 0 unspecified atom stereocenters. The van der Waals surface area contributed by atoms with Crippen LogP contribution in [-0.4, -0.2) is 51.0 Å². The van der Waals surface area contributed by atoms with Crippen molar-refractivity contribution in [1.82, 2.24) is 10.2 Å². The Hall–Kier alpha value is -2.58. The fraction of sp³-hybridized carbons (Fsp3) is 0.440. The van der Waals surface area contributed by atoms with Gasteiger partial charge in [0, 0.05) is 31.6 Å². The number of benzene rings is 2. The lowest BCUT2D eigenvalue weighted by Gasteiger charge is -2.31. The van der Waals surface area contributed by atoms with E-state index in [2.05, 4.69) is 5.32 Å². The molecule has 9 heteroatoms. The van der Waals surface area contributed by atoms with E-state index in [0.717, 1.165) is 16.7 Å². The fourth-order valence-electron chi connectivity index (χ4n) is 3.86. The second-order valence-corrected chi connectivity index (χ2v) is 10.7. The van der Waals surface area contributed by atoms with Crippen molar-refractivity contribution >= 4 is 39.1 Å². The molecule has 1 N–H and O–H groups in total. The third-order valence-corrected chi connectivity index (χ3v) is 7.33. The van der Waals surface area contributed by atoms with E-state index in [1.807, 2.05) is 45.0 Å². The predicted molar refractivity (Wildman–Crippen MR) is 137 cm³/mol. The lowest BCUT2D eigenvalue weighted by molar-refractivity contribution is -0.141. The van der Waals surface area contributed by atoms with Gasteiger partial charge in [-0.2, -0.15) is 0 Å². The van der Waals surface area contributed by atoms with Crippen molar-refractivity contribution in [2.75, 3.05) is 24.2 Å². The Balaban J connectivity index is 2.21. The van der Waals surface area contributed by atoms with Crippen molar-refractivity contribution in [2.45, 2.75) is 52.6 Å². The summed E-state index contributed by atoms with van der Waals surface area (Å²) in [6, 6.07) is 12.0. The van der Waals surface area contributed by atoms with Crippen molar-refractivity contribution in [2.24, 2.45) is 0 Å². The van der Waals surface area contributed by atoms with Crippen LogP contribution in [0.4, 0.5) is 5.69 Å². The largest absolute Gasteiger partial charge is 0.357 e. The Morgan fingerprint density at radius 1 is 1.09 bits per heavy atom. The van der Waals surface area contributed by atoms with Crippen LogP contribution in [0.15, 0.2) is 42.5 Å². The van der Waals surface area contributed by atoms with Crippen molar-refractivity contribution in [3.05, 3.63) is 64.2 Å². The Labute approximate surface area is 208 Å². The highest BCUT2D eigenvalue weighted by atomic mass is 35.5. The van der Waals surface area contributed by atoms with Crippen LogP contribution < -0.4 is 9.62 Å². The molecule has 0 aliphatic heterocycles. The van der Waals surface area contributed by atoms with E-state index in [9.17, 15) is 18.0 Å². The van der Waals surface area contributed by atoms with Gasteiger partial charge >= 0.3 is 0 Å². The quantitative estimate of drug-likeness (QED) is 0.497. The molecule has 0 bridgehead atoms. The minimum absolute atomic E-state index is 0.109. The van der Waals surface area contributed by atoms with Gasteiger partial charge in [0.2, 0.25) is 21.8 Å². The SMILES string of the molecule is CC[C@@H](C(=O)NC)N(Cc1ccc(Cl)cc1)C(=O)CCCN(c1cccc(C)c1C)S(C)(=O)=O. The first kappa shape index (κ1) is 27.7. The molecule has 0 saturated heterocycles. The van der Waals surface area contributed by atoms with Gasteiger partial charge in [0.1, 0.15) is 6.04 Å². The Kier molecular flexibility index (Phi) is 9.94. The van der Waals surface area contributed by atoms with Crippen LogP contribution in [0.3, 0.4) is 0 Å². The first-order chi connectivity index (χ1) is 16.0. The molecule has 0 spiro atoms. The Morgan fingerprint density at radius 3 is 2.29 bits per heavy atom. The smallest absolute Gasteiger partial charge is 0.242 e. The number of hydrogen-bond donors (Lipinski definition) is 1. The van der Waals surface area contributed by atoms with Gasteiger partial charge < -0.3 is 10.2 Å². The second kappa shape index (κ2) is 12.2. The third kappa shape index (κ3) is 7.21. The van der Waals surface area contributed by atoms with Crippen molar-refractivity contribution in [3.8, 4) is 0 Å². The summed E-state index contributed by atoms with van der Waals surface area (Å²) in [4.78, 5) is 27.3. The van der Waals surface area contributed by atoms with Crippen LogP contribution in [0.25, 0.3) is 0 Å². The van der Waals surface area contributed by atoms with Gasteiger partial charge in [0.05, 0.1) is 11.9 Å². The minimum Gasteiger partial charge on any atom is -0.357 e. The topological polar surface area (TPSA) is 86.8 Å². The Morgan fingerprint density at radius 2 is 1.74 bits per heavy atom. The molecule has 0 aliphatic carbocycles. The fourth-order valence-corrected chi connectivity index (χ4v) is 5.00. The van der Waals surface area contributed by atoms with E-state index in [1.54, 1.807) is 30.1 Å². The van der Waals surface area contributed by atoms with E-state index in [4.69, 9.17) is 11.6 Å². The molecule has 0 saturated carbocycles. The van der Waals surface area contributed by atoms with Crippen LogP contribution in [0.1, 0.15) is 42.9 Å². The van der Waals surface area contributed by atoms with E-state index in [0.29, 0.717) is 23.6 Å². The van der Waals surface area contributed by atoms with Crippen LogP contribution in [0.5, 0.6) is 0 Å². The Bertz CT molecular complexity index is 1100. The maximum Gasteiger partial charge on any atom is 0.242 e. The monoisotopic (exact) mass is 507 g/mol. The number of carbonyl (C=O) groups is 2. The minimum atomic E-state index is -3.53. The third-order valence-electron chi connectivity index (χ3n) is 5.90. The molecule has 2 amide bonds. The standard InChI is InChI=1S/C25H34ClN3O4S/c1-6-22(25(31)27-4)28(17-20-12-14-21(26)15-13-20)24(30)11-8-16-29(34(5,32)33)23-10-7-9-18(2)19(23)3/h7,9-10,12-15,22H,6,8,11,16-17H2,1-5H3,(H,27,31)/t22-/m0/s1. The van der Waals surface area contributed by atoms with Crippen LogP contribution in [0.2, 0.25) is 5.02 Å². The van der Waals surface area contributed by atoms with Gasteiger partial charge in [-0.3, -0.25) is 13.9 Å². The number of aryl methyl sites for hydroxylation is 1. The first-order valence-corrected chi connectivity index (χ1v) is 13.5. The van der Waals surface area contributed by atoms with Crippen molar-refractivity contribution in [3.63, 3.8) is 0 Å². The van der Waals surface area contributed by atoms with E-state index in [-0.39, 0.29) is 31.3 Å². The number of nitrogens with zero attached hydrogens (tertiary/aromatic N) is 2. The molecule has 0 radical (unpaired) electrons. The molecule has 2 aromatic rings. The summed E-state index contributed by atoms with van der Waals surface area (Å²) in [5, 5.41) is 3.22. The number of anilines is 1. The number of nitrogens with one attached hydrogen (secondary N) is 1. The molecule has 7 nitrogen and oxygen atoms in total. The van der Waals surface area contributed by atoms with Gasteiger partial charge in [-0.25, -0.2) is 8.42 Å². The first-order valence-electron chi connectivity index (χ1n) is 11.3. The zero-order chi connectivity index (χ0) is 25.5. The van der Waals surface area contributed by atoms with E-state index in [1.165, 1.54) is 10.6 Å². The second-order valence-electron chi connectivity index (χ2n) is 8.34. The van der Waals surface area contributed by atoms with Gasteiger partial charge in [0.25, 0.3) is 0 Å². The summed E-state index contributed by atoms with van der Waals surface area (Å²) in [7, 11) is -1.99. The highest BCUT2D eigenvalue weighted by Gasteiger charge is 2.28. The van der Waals surface area contributed by atoms with Crippen LogP contribution in [-0.2, 0) is 26.2 Å². The summed E-state index contributed by atoms with van der Waals surface area (Å²) >= 11 is 5.98. The molecule has 0 aliphatic rings. The number of sulfonamides is 1. The predicted octanol–water partition coefficient (Wildman–Crippen LogP) is 4.06. The zero-order valence-electron chi connectivity index (χ0n) is 20.5. The van der Waals surface area contributed by atoms with E-state index >= 15 is 0 Å². The summed E-state index contributed by atoms with van der Waals surface area (Å²) in [5.41, 5.74) is 3.35. The van der Waals surface area contributed by atoms with Gasteiger partial charge in [-0.15, -0.1) is 0 Å². The maximum absolute atomic E-state index is 13.3. The number of amides is 2. The molecular weight excluding hydrogens is 474 g/mol. The van der Waals surface area contributed by atoms with E-state index < -0.39 is 16.1 Å². The van der Waals surface area contributed by atoms with Gasteiger partial charge in [-0.1, -0.05) is 42.8 Å². The van der Waals surface area contributed by atoms with Crippen LogP contribution >= 0.6 is 11.6 Å². The normalized spacial score (nSPS) is 12.2. The maximum atomic E-state index is 13.3. The molecule has 34 heavy (non-hydrogen) atoms. The van der Waals surface area contributed by atoms with Crippen LogP contribution in [0, 0.1) is 13.8 Å². The summed E-state index contributed by atoms with van der Waals surface area (Å²) in [6.07, 6.45) is 2.05. The average molecular weight is 508 g/mol. The molecule has 0 heterocycles. The highest BCUT2D eigenvalue weighted by Crippen LogP contribution is 2.25. The summed E-state index contributed by atoms with van der Waals surface area (Å²) < 4.78 is 26.4. The lowest BCUT2D eigenvalue weighted by Crippen LogP contribution is -2.48. The molecule has 0 fully saturated rings. The van der Waals surface area contributed by atoms with Gasteiger partial charge in [-0.05, 0) is 61.6 Å². The number of rotatable bonds is 11. The number of likely N-dealkylation sites (N-methyl/N-ethyl adjacent to an activating group) is 1.